The Kier molecular flexibility index (Phi) is 6.76. The van der Waals surface area contributed by atoms with E-state index >= 15 is 0 Å². The number of non-ortho nitro benzene ring substituents is 1. The summed E-state index contributed by atoms with van der Waals surface area (Å²) in [5.74, 6) is -0.402. The minimum Gasteiger partial charge on any atom is -0.449 e. The number of hydrogen-bond acceptors (Lipinski definition) is 8. The van der Waals surface area contributed by atoms with E-state index in [0.717, 1.165) is 4.90 Å². The number of carbonyl (C=O) groups excluding carboxylic acids is 2. The Bertz CT molecular complexity index is 932. The first-order valence-corrected chi connectivity index (χ1v) is 9.65. The fourth-order valence-electron chi connectivity index (χ4n) is 2.93. The average molecular weight is 439 g/mol. The molecular formula is C17H17N3O9S. The molecule has 30 heavy (non-hydrogen) atoms. The van der Waals surface area contributed by atoms with Crippen LogP contribution in [0.5, 0.6) is 0 Å². The third kappa shape index (κ3) is 5.40. The third-order valence-corrected chi connectivity index (χ3v) is 4.73. The molecular weight excluding hydrogens is 422 g/mol. The van der Waals surface area contributed by atoms with Gasteiger partial charge in [0.25, 0.3) is 5.69 Å². The van der Waals surface area contributed by atoms with E-state index in [1.165, 1.54) is 36.6 Å². The molecule has 3 rings (SSSR count). The lowest BCUT2D eigenvalue weighted by molar-refractivity contribution is -0.384. The quantitative estimate of drug-likeness (QED) is 0.373. The van der Waals surface area contributed by atoms with E-state index in [1.807, 2.05) is 0 Å². The summed E-state index contributed by atoms with van der Waals surface area (Å²) in [7, 11) is 0. The van der Waals surface area contributed by atoms with Gasteiger partial charge in [-0.25, -0.2) is 4.79 Å². The lowest BCUT2D eigenvalue weighted by Crippen LogP contribution is -2.43. The van der Waals surface area contributed by atoms with Crippen LogP contribution in [0.3, 0.4) is 0 Å². The van der Waals surface area contributed by atoms with Gasteiger partial charge in [-0.15, -0.1) is 0 Å². The number of nitro benzene ring substituents is 1. The van der Waals surface area contributed by atoms with E-state index in [4.69, 9.17) is 17.9 Å². The first-order chi connectivity index (χ1) is 14.3. The second-order valence-corrected chi connectivity index (χ2v) is 6.91. The van der Waals surface area contributed by atoms with Gasteiger partial charge in [-0.2, -0.15) is 4.21 Å². The van der Waals surface area contributed by atoms with Crippen LogP contribution in [0, 0.1) is 10.1 Å². The Balaban J connectivity index is 1.65. The van der Waals surface area contributed by atoms with Gasteiger partial charge in [0.1, 0.15) is 12.6 Å². The summed E-state index contributed by atoms with van der Waals surface area (Å²) in [4.78, 5) is 36.3. The van der Waals surface area contributed by atoms with Crippen LogP contribution in [0.4, 0.5) is 16.4 Å². The molecule has 0 bridgehead atoms. The van der Waals surface area contributed by atoms with E-state index in [9.17, 15) is 23.9 Å². The van der Waals surface area contributed by atoms with Crippen LogP contribution >= 0.6 is 0 Å². The molecule has 2 aromatic rings. The van der Waals surface area contributed by atoms with Crippen molar-refractivity contribution in [2.45, 2.75) is 25.2 Å². The van der Waals surface area contributed by atoms with Gasteiger partial charge in [0.15, 0.2) is 5.88 Å². The Morgan fingerprint density at radius 2 is 2.07 bits per heavy atom. The zero-order valence-electron chi connectivity index (χ0n) is 15.3. The van der Waals surface area contributed by atoms with Crippen molar-refractivity contribution in [2.75, 3.05) is 11.9 Å². The molecule has 3 atom stereocenters. The molecule has 2 amide bonds. The van der Waals surface area contributed by atoms with Crippen LogP contribution in [0.2, 0.25) is 0 Å². The van der Waals surface area contributed by atoms with E-state index in [2.05, 4.69) is 5.32 Å². The highest BCUT2D eigenvalue weighted by Gasteiger charge is 2.42. The molecule has 1 unspecified atom stereocenters. The van der Waals surface area contributed by atoms with E-state index < -0.39 is 40.4 Å². The Labute approximate surface area is 172 Å². The molecule has 0 spiro atoms. The predicted molar refractivity (Wildman–Crippen MR) is 101 cm³/mol. The lowest BCUT2D eigenvalue weighted by Gasteiger charge is -2.22. The number of amides is 2. The third-order valence-electron chi connectivity index (χ3n) is 4.30. The molecule has 1 aromatic carbocycles. The topological polar surface area (TPSA) is 161 Å². The van der Waals surface area contributed by atoms with Crippen molar-refractivity contribution in [1.29, 1.82) is 0 Å². The van der Waals surface area contributed by atoms with E-state index in [1.54, 1.807) is 6.07 Å². The van der Waals surface area contributed by atoms with Crippen LogP contribution in [0.15, 0.2) is 47.1 Å². The van der Waals surface area contributed by atoms with Crippen molar-refractivity contribution < 1.29 is 36.6 Å². The summed E-state index contributed by atoms with van der Waals surface area (Å²) >= 11 is -2.57. The number of benzene rings is 1. The molecule has 12 nitrogen and oxygen atoms in total. The Morgan fingerprint density at radius 1 is 1.33 bits per heavy atom. The number of likely N-dealkylation sites (tertiary alicyclic amines) is 1. The van der Waals surface area contributed by atoms with Crippen LogP contribution in [-0.4, -0.2) is 49.3 Å². The molecule has 1 aromatic heterocycles. The highest BCUT2D eigenvalue weighted by molar-refractivity contribution is 7.74. The highest BCUT2D eigenvalue weighted by Crippen LogP contribution is 2.24. The van der Waals surface area contributed by atoms with Crippen molar-refractivity contribution in [1.82, 2.24) is 4.90 Å². The largest absolute Gasteiger partial charge is 0.449 e. The number of nitrogens with one attached hydrogen (secondary N) is 1. The highest BCUT2D eigenvalue weighted by atomic mass is 32.2. The predicted octanol–water partition coefficient (Wildman–Crippen LogP) is 2.06. The first kappa shape index (κ1) is 21.4. The summed E-state index contributed by atoms with van der Waals surface area (Å²) in [5.41, 5.74) is 0.408. The van der Waals surface area contributed by atoms with Crippen molar-refractivity contribution >= 4 is 34.9 Å². The van der Waals surface area contributed by atoms with Crippen molar-refractivity contribution in [3.05, 3.63) is 58.3 Å². The summed E-state index contributed by atoms with van der Waals surface area (Å²) < 4.78 is 34.9. The Hall–Kier alpha value is -3.29. The number of hydrogen-bond donors (Lipinski definition) is 2. The van der Waals surface area contributed by atoms with Crippen LogP contribution in [-0.2, 0) is 31.7 Å². The summed E-state index contributed by atoms with van der Waals surface area (Å²) in [6.45, 7) is -0.320. The van der Waals surface area contributed by atoms with Gasteiger partial charge >= 0.3 is 17.5 Å². The lowest BCUT2D eigenvalue weighted by atomic mass is 10.2. The number of carbonyl (C=O) groups is 2. The summed E-state index contributed by atoms with van der Waals surface area (Å²) in [6, 6.07) is 7.50. The van der Waals surface area contributed by atoms with Gasteiger partial charge in [-0.3, -0.25) is 33.9 Å². The van der Waals surface area contributed by atoms with Gasteiger partial charge in [0, 0.05) is 24.6 Å². The summed E-state index contributed by atoms with van der Waals surface area (Å²) in [5, 5.41) is 13.2. The maximum Gasteiger partial charge on any atom is 0.410 e. The molecule has 2 N–H and O–H groups in total. The number of nitro groups is 1. The second-order valence-electron chi connectivity index (χ2n) is 6.28. The van der Waals surface area contributed by atoms with Crippen LogP contribution in [0.25, 0.3) is 0 Å². The number of anilines is 1. The molecule has 160 valence electrons. The fourth-order valence-corrected chi connectivity index (χ4v) is 3.30. The van der Waals surface area contributed by atoms with Gasteiger partial charge in [-0.1, -0.05) is 0 Å². The van der Waals surface area contributed by atoms with Crippen molar-refractivity contribution in [3.8, 4) is 0 Å². The minimum atomic E-state index is -2.57. The molecule has 13 heteroatoms. The zero-order chi connectivity index (χ0) is 21.7. The van der Waals surface area contributed by atoms with E-state index in [0.29, 0.717) is 5.56 Å². The zero-order valence-corrected chi connectivity index (χ0v) is 16.1. The fraction of sp³-hybridized carbons (Fsp3) is 0.294. The van der Waals surface area contributed by atoms with Crippen molar-refractivity contribution in [3.63, 3.8) is 0 Å². The summed E-state index contributed by atoms with van der Waals surface area (Å²) in [6.07, 6.45) is -0.356. The molecule has 0 saturated carbocycles. The molecule has 1 saturated heterocycles. The maximum absolute atomic E-state index is 12.6. The number of nitrogens with zero attached hydrogens (tertiary/aromatic N) is 2. The molecule has 1 aliphatic heterocycles. The number of ether oxygens (including phenoxy) is 1. The van der Waals surface area contributed by atoms with Gasteiger partial charge in [-0.05, 0) is 23.8 Å². The number of rotatable bonds is 7. The van der Waals surface area contributed by atoms with Crippen LogP contribution < -0.4 is 5.32 Å². The first-order valence-electron chi connectivity index (χ1n) is 8.62. The number of furan rings is 1. The van der Waals surface area contributed by atoms with Gasteiger partial charge < -0.3 is 9.15 Å². The molecule has 2 heterocycles. The van der Waals surface area contributed by atoms with Gasteiger partial charge in [0.05, 0.1) is 23.8 Å². The minimum absolute atomic E-state index is 0.0223. The molecule has 0 aliphatic carbocycles. The van der Waals surface area contributed by atoms with Gasteiger partial charge in [0.2, 0.25) is 5.91 Å². The van der Waals surface area contributed by atoms with E-state index in [-0.39, 0.29) is 31.1 Å². The smallest absolute Gasteiger partial charge is 0.410 e. The second kappa shape index (κ2) is 9.47. The molecule has 1 aliphatic rings. The Morgan fingerprint density at radius 3 is 2.67 bits per heavy atom. The average Bonchev–Trinajstić information content (AvgIpc) is 3.36. The van der Waals surface area contributed by atoms with Crippen LogP contribution in [0.1, 0.15) is 12.0 Å². The normalized spacial score (nSPS) is 19.3. The molecule has 1 fully saturated rings. The monoisotopic (exact) mass is 439 g/mol. The standard InChI is InChI=1S/C17H17N3O9S/c21-16(18-15-2-1-7-27-15)14-8-13(29-30(25)26)9-19(14)17(22)28-10-11-3-5-12(6-4-11)20(23)24/h1-7,13-14H,8-10H2,(H,18,21)(H,25,26)/t13-,14+/m1/s1. The molecule has 0 radical (unpaired) electrons. The van der Waals surface area contributed by atoms with Crippen molar-refractivity contribution in [2.24, 2.45) is 0 Å². The maximum atomic E-state index is 12.6. The SMILES string of the molecule is O=C(Nc1ccco1)[C@@H]1C[C@@H](OS(=O)O)CN1C(=O)OCc1ccc([N+](=O)[O-])cc1.